The Balaban J connectivity index is 1.18. The molecule has 0 radical (unpaired) electrons. The highest BCUT2D eigenvalue weighted by Crippen LogP contribution is 2.44. The maximum absolute atomic E-state index is 2.44. The first-order valence-electron chi connectivity index (χ1n) is 16.8. The zero-order valence-corrected chi connectivity index (χ0v) is 27.3. The Morgan fingerprint density at radius 2 is 1.00 bits per heavy atom. The van der Waals surface area contributed by atoms with Gasteiger partial charge in [0.05, 0.1) is 27.8 Å². The highest BCUT2D eigenvalue weighted by atomic mass is 32.1. The number of benzene rings is 8. The van der Waals surface area contributed by atoms with E-state index in [1.54, 1.807) is 0 Å². The molecule has 3 aromatic heterocycles. The summed E-state index contributed by atoms with van der Waals surface area (Å²) in [6.07, 6.45) is 0. The van der Waals surface area contributed by atoms with Gasteiger partial charge in [0.2, 0.25) is 0 Å². The van der Waals surface area contributed by atoms with Crippen molar-refractivity contribution in [2.75, 3.05) is 0 Å². The van der Waals surface area contributed by atoms with Crippen molar-refractivity contribution in [2.45, 2.75) is 0 Å². The molecule has 228 valence electrons. The molecule has 0 amide bonds. The van der Waals surface area contributed by atoms with Crippen molar-refractivity contribution in [1.82, 2.24) is 9.13 Å². The minimum absolute atomic E-state index is 1.18. The lowest BCUT2D eigenvalue weighted by Gasteiger charge is -2.12. The van der Waals surface area contributed by atoms with Crippen LogP contribution in [-0.4, -0.2) is 9.13 Å². The Kier molecular flexibility index (Phi) is 5.57. The maximum Gasteiger partial charge on any atom is 0.0555 e. The van der Waals surface area contributed by atoms with Crippen molar-refractivity contribution in [3.8, 4) is 22.5 Å². The van der Waals surface area contributed by atoms with Crippen molar-refractivity contribution in [3.05, 3.63) is 170 Å². The smallest absolute Gasteiger partial charge is 0.0555 e. The number of fused-ring (bicyclic) bond motifs is 11. The van der Waals surface area contributed by atoms with Crippen LogP contribution in [-0.2, 0) is 0 Å². The molecule has 0 saturated heterocycles. The van der Waals surface area contributed by atoms with Gasteiger partial charge in [0.1, 0.15) is 0 Å². The summed E-state index contributed by atoms with van der Waals surface area (Å²) < 4.78 is 7.55. The van der Waals surface area contributed by atoms with Crippen molar-refractivity contribution >= 4 is 85.9 Å². The van der Waals surface area contributed by atoms with E-state index in [0.29, 0.717) is 0 Å². The lowest BCUT2D eigenvalue weighted by atomic mass is 10.00. The van der Waals surface area contributed by atoms with Gasteiger partial charge in [0, 0.05) is 52.8 Å². The van der Waals surface area contributed by atoms with Gasteiger partial charge < -0.3 is 9.13 Å². The average molecular weight is 641 g/mol. The molecule has 0 spiro atoms. The molecular weight excluding hydrogens is 613 g/mol. The molecule has 3 heteroatoms. The molecule has 0 atom stereocenters. The van der Waals surface area contributed by atoms with E-state index in [1.807, 2.05) is 11.3 Å². The minimum atomic E-state index is 1.18. The Labute approximate surface area is 286 Å². The van der Waals surface area contributed by atoms with Gasteiger partial charge in [-0.05, 0) is 77.2 Å². The van der Waals surface area contributed by atoms with Gasteiger partial charge in [-0.1, -0.05) is 109 Å². The molecule has 8 aromatic carbocycles. The van der Waals surface area contributed by atoms with E-state index in [2.05, 4.69) is 179 Å². The fourth-order valence-corrected chi connectivity index (χ4v) is 9.40. The fraction of sp³-hybridized carbons (Fsp3) is 0. The van der Waals surface area contributed by atoms with Crippen molar-refractivity contribution in [1.29, 1.82) is 0 Å². The molecule has 0 N–H and O–H groups in total. The van der Waals surface area contributed by atoms with Crippen LogP contribution in [0.3, 0.4) is 0 Å². The summed E-state index contributed by atoms with van der Waals surface area (Å²) in [5.74, 6) is 0. The third kappa shape index (κ3) is 3.82. The van der Waals surface area contributed by atoms with Crippen LogP contribution in [0.4, 0.5) is 0 Å². The first-order valence-corrected chi connectivity index (χ1v) is 17.6. The van der Waals surface area contributed by atoms with E-state index in [9.17, 15) is 0 Å². The average Bonchev–Trinajstić information content (AvgIpc) is 3.82. The van der Waals surface area contributed by atoms with Gasteiger partial charge in [0.15, 0.2) is 0 Å². The van der Waals surface area contributed by atoms with Crippen LogP contribution in [0.25, 0.3) is 97.1 Å². The monoisotopic (exact) mass is 640 g/mol. The molecule has 11 rings (SSSR count). The summed E-state index contributed by atoms with van der Waals surface area (Å²) in [6, 6.07) is 62.3. The SMILES string of the molecule is c1ccc(-n2c3ccc(-c4ccc5c(c4)c4ccccc4n5-c4cccc5ccccc45)cc3c3c4sc5ccccc5c4ccc32)cc1. The molecule has 0 saturated carbocycles. The topological polar surface area (TPSA) is 9.86 Å². The van der Waals surface area contributed by atoms with Gasteiger partial charge in [-0.3, -0.25) is 0 Å². The van der Waals surface area contributed by atoms with Crippen LogP contribution in [0.5, 0.6) is 0 Å². The molecule has 0 aliphatic rings. The number of aromatic nitrogens is 2. The van der Waals surface area contributed by atoms with Crippen molar-refractivity contribution in [3.63, 3.8) is 0 Å². The molecule has 11 aromatic rings. The lowest BCUT2D eigenvalue weighted by molar-refractivity contribution is 1.18. The summed E-state index contributed by atoms with van der Waals surface area (Å²) in [7, 11) is 0. The normalized spacial score (nSPS) is 12.1. The van der Waals surface area contributed by atoms with E-state index in [4.69, 9.17) is 0 Å². The minimum Gasteiger partial charge on any atom is -0.309 e. The molecule has 0 bridgehead atoms. The molecule has 0 aliphatic heterocycles. The van der Waals surface area contributed by atoms with Gasteiger partial charge >= 0.3 is 0 Å². The summed E-state index contributed by atoms with van der Waals surface area (Å²) in [5, 5.41) is 10.3. The zero-order valence-electron chi connectivity index (χ0n) is 26.5. The van der Waals surface area contributed by atoms with Gasteiger partial charge in [-0.2, -0.15) is 0 Å². The maximum atomic E-state index is 2.44. The molecule has 0 fully saturated rings. The van der Waals surface area contributed by atoms with Crippen LogP contribution >= 0.6 is 11.3 Å². The fourth-order valence-electron chi connectivity index (χ4n) is 8.14. The molecular formula is C46H28N2S. The first kappa shape index (κ1) is 26.9. The van der Waals surface area contributed by atoms with E-state index in [-0.39, 0.29) is 0 Å². The van der Waals surface area contributed by atoms with E-state index in [1.165, 1.54) is 97.1 Å². The quantitative estimate of drug-likeness (QED) is 0.182. The highest BCUT2D eigenvalue weighted by Gasteiger charge is 2.19. The second-order valence-corrected chi connectivity index (χ2v) is 14.0. The predicted molar refractivity (Wildman–Crippen MR) is 211 cm³/mol. The zero-order chi connectivity index (χ0) is 32.1. The molecule has 0 unspecified atom stereocenters. The number of hydrogen-bond donors (Lipinski definition) is 0. The van der Waals surface area contributed by atoms with Crippen LogP contribution in [0.1, 0.15) is 0 Å². The van der Waals surface area contributed by atoms with Crippen LogP contribution in [0.15, 0.2) is 170 Å². The van der Waals surface area contributed by atoms with E-state index < -0.39 is 0 Å². The van der Waals surface area contributed by atoms with Gasteiger partial charge in [-0.25, -0.2) is 0 Å². The Morgan fingerprint density at radius 1 is 0.367 bits per heavy atom. The van der Waals surface area contributed by atoms with Crippen LogP contribution < -0.4 is 0 Å². The van der Waals surface area contributed by atoms with Crippen molar-refractivity contribution < 1.29 is 0 Å². The Morgan fingerprint density at radius 3 is 1.86 bits per heavy atom. The number of hydrogen-bond acceptors (Lipinski definition) is 1. The van der Waals surface area contributed by atoms with E-state index in [0.717, 1.165) is 0 Å². The number of thiophene rings is 1. The predicted octanol–water partition coefficient (Wildman–Crippen LogP) is 13.1. The third-order valence-corrected chi connectivity index (χ3v) is 11.5. The number of para-hydroxylation sites is 2. The summed E-state index contributed by atoms with van der Waals surface area (Å²) in [4.78, 5) is 0. The summed E-state index contributed by atoms with van der Waals surface area (Å²) in [6.45, 7) is 0. The van der Waals surface area contributed by atoms with Crippen LogP contribution in [0, 0.1) is 0 Å². The van der Waals surface area contributed by atoms with Gasteiger partial charge in [-0.15, -0.1) is 11.3 Å². The largest absolute Gasteiger partial charge is 0.309 e. The number of nitrogens with zero attached hydrogens (tertiary/aromatic N) is 2. The number of rotatable bonds is 3. The molecule has 0 aliphatic carbocycles. The first-order chi connectivity index (χ1) is 24.3. The third-order valence-electron chi connectivity index (χ3n) is 10.3. The second-order valence-electron chi connectivity index (χ2n) is 12.9. The molecule has 49 heavy (non-hydrogen) atoms. The molecule has 2 nitrogen and oxygen atoms in total. The Bertz CT molecular complexity index is 3100. The highest BCUT2D eigenvalue weighted by molar-refractivity contribution is 7.26. The van der Waals surface area contributed by atoms with E-state index >= 15 is 0 Å². The lowest BCUT2D eigenvalue weighted by Crippen LogP contribution is -1.95. The van der Waals surface area contributed by atoms with Crippen molar-refractivity contribution in [2.24, 2.45) is 0 Å². The van der Waals surface area contributed by atoms with Crippen LogP contribution in [0.2, 0.25) is 0 Å². The standard InChI is InChI=1S/C46H28N2S/c1-2-13-32(14-3-1)47-42-25-22-31(28-38(42)45-43(47)26-23-36-35-17-7-9-20-44(35)49-46(36)45)30-21-24-41-37(27-30)34-16-6-8-18-40(34)48(41)39-19-10-12-29-11-4-5-15-33(29)39/h1-28H. The Hall–Kier alpha value is -6.16. The second kappa shape index (κ2) is 10.2. The summed E-state index contributed by atoms with van der Waals surface area (Å²) >= 11 is 1.90. The molecule has 3 heterocycles. The summed E-state index contributed by atoms with van der Waals surface area (Å²) in [5.41, 5.74) is 9.74. The van der Waals surface area contributed by atoms with Gasteiger partial charge in [0.25, 0.3) is 0 Å².